The SMILES string of the molecule is Cc1ccc(-c2cc(C(=O)O)n3ncc(C)c3n2)c(C)c1. The van der Waals surface area contributed by atoms with E-state index < -0.39 is 5.97 Å². The molecule has 0 saturated heterocycles. The van der Waals surface area contributed by atoms with E-state index in [0.717, 1.165) is 22.3 Å². The number of carbonyl (C=O) groups is 1. The van der Waals surface area contributed by atoms with E-state index in [2.05, 4.69) is 16.1 Å². The molecule has 5 nitrogen and oxygen atoms in total. The molecule has 3 aromatic rings. The Hall–Kier alpha value is -2.69. The maximum absolute atomic E-state index is 11.5. The molecule has 0 aliphatic carbocycles. The van der Waals surface area contributed by atoms with Gasteiger partial charge in [0.1, 0.15) is 0 Å². The van der Waals surface area contributed by atoms with Gasteiger partial charge in [0.05, 0.1) is 11.9 Å². The number of aromatic carboxylic acids is 1. The van der Waals surface area contributed by atoms with Gasteiger partial charge in [-0.05, 0) is 32.4 Å². The van der Waals surface area contributed by atoms with Crippen molar-refractivity contribution in [2.45, 2.75) is 20.8 Å². The summed E-state index contributed by atoms with van der Waals surface area (Å²) in [5, 5.41) is 13.5. The molecule has 1 N–H and O–H groups in total. The highest BCUT2D eigenvalue weighted by atomic mass is 16.4. The van der Waals surface area contributed by atoms with Gasteiger partial charge in [0, 0.05) is 11.1 Å². The van der Waals surface area contributed by atoms with Crippen molar-refractivity contribution in [3.63, 3.8) is 0 Å². The van der Waals surface area contributed by atoms with Crippen molar-refractivity contribution < 1.29 is 9.90 Å². The zero-order valence-electron chi connectivity index (χ0n) is 12.1. The van der Waals surface area contributed by atoms with Crippen LogP contribution in [0.2, 0.25) is 0 Å². The highest BCUT2D eigenvalue weighted by Crippen LogP contribution is 2.25. The highest BCUT2D eigenvalue weighted by molar-refractivity contribution is 5.88. The summed E-state index contributed by atoms with van der Waals surface area (Å²) in [5.74, 6) is -1.02. The van der Waals surface area contributed by atoms with Gasteiger partial charge in [-0.1, -0.05) is 23.8 Å². The monoisotopic (exact) mass is 281 g/mol. The molecule has 0 amide bonds. The molecule has 0 aliphatic rings. The van der Waals surface area contributed by atoms with Gasteiger partial charge in [-0.25, -0.2) is 14.3 Å². The summed E-state index contributed by atoms with van der Waals surface area (Å²) in [6, 6.07) is 7.60. The van der Waals surface area contributed by atoms with E-state index in [1.807, 2.05) is 32.9 Å². The summed E-state index contributed by atoms with van der Waals surface area (Å²) >= 11 is 0. The first-order valence-electron chi connectivity index (χ1n) is 6.63. The fourth-order valence-electron chi connectivity index (χ4n) is 2.46. The van der Waals surface area contributed by atoms with Crippen LogP contribution in [-0.2, 0) is 0 Å². The number of hydrogen-bond donors (Lipinski definition) is 1. The van der Waals surface area contributed by atoms with Crippen LogP contribution in [0.3, 0.4) is 0 Å². The van der Waals surface area contributed by atoms with Gasteiger partial charge >= 0.3 is 5.97 Å². The molecule has 0 atom stereocenters. The second-order valence-corrected chi connectivity index (χ2v) is 5.21. The second-order valence-electron chi connectivity index (χ2n) is 5.21. The average molecular weight is 281 g/mol. The van der Waals surface area contributed by atoms with E-state index in [4.69, 9.17) is 0 Å². The first kappa shape index (κ1) is 13.3. The zero-order valence-corrected chi connectivity index (χ0v) is 12.1. The Bertz CT molecular complexity index is 865. The van der Waals surface area contributed by atoms with Gasteiger partial charge in [-0.15, -0.1) is 0 Å². The number of benzene rings is 1. The number of carboxylic acid groups (broad SMARTS) is 1. The molecule has 0 fully saturated rings. The number of aryl methyl sites for hydroxylation is 3. The largest absolute Gasteiger partial charge is 0.477 e. The highest BCUT2D eigenvalue weighted by Gasteiger charge is 2.16. The van der Waals surface area contributed by atoms with Gasteiger partial charge in [0.2, 0.25) is 0 Å². The number of fused-ring (bicyclic) bond motifs is 1. The Morgan fingerprint density at radius 3 is 2.57 bits per heavy atom. The molecular weight excluding hydrogens is 266 g/mol. The Kier molecular flexibility index (Phi) is 2.97. The van der Waals surface area contributed by atoms with E-state index in [1.165, 1.54) is 4.52 Å². The Labute approximate surface area is 121 Å². The third-order valence-electron chi connectivity index (χ3n) is 3.53. The van der Waals surface area contributed by atoms with Crippen LogP contribution in [0.4, 0.5) is 0 Å². The number of hydrogen-bond acceptors (Lipinski definition) is 3. The smallest absolute Gasteiger partial charge is 0.354 e. The number of nitrogens with zero attached hydrogens (tertiary/aromatic N) is 3. The molecule has 21 heavy (non-hydrogen) atoms. The molecule has 1 aromatic carbocycles. The van der Waals surface area contributed by atoms with Crippen molar-refractivity contribution in [1.29, 1.82) is 0 Å². The van der Waals surface area contributed by atoms with Crippen LogP contribution < -0.4 is 0 Å². The van der Waals surface area contributed by atoms with Crippen LogP contribution >= 0.6 is 0 Å². The summed E-state index contributed by atoms with van der Waals surface area (Å²) < 4.78 is 1.37. The van der Waals surface area contributed by atoms with Crippen molar-refractivity contribution >= 4 is 11.6 Å². The minimum Gasteiger partial charge on any atom is -0.477 e. The fraction of sp³-hybridized carbons (Fsp3) is 0.188. The standard InChI is InChI=1S/C16H15N3O2/c1-9-4-5-12(10(2)6-9)13-7-14(16(20)21)19-15(18-13)11(3)8-17-19/h4-8H,1-3H3,(H,20,21). The van der Waals surface area contributed by atoms with E-state index in [0.29, 0.717) is 11.3 Å². The summed E-state index contributed by atoms with van der Waals surface area (Å²) in [7, 11) is 0. The quantitative estimate of drug-likeness (QED) is 0.784. The second kappa shape index (κ2) is 4.70. The first-order chi connectivity index (χ1) is 9.97. The molecule has 0 radical (unpaired) electrons. The maximum atomic E-state index is 11.5. The van der Waals surface area contributed by atoms with Crippen LogP contribution in [0.25, 0.3) is 16.9 Å². The topological polar surface area (TPSA) is 67.5 Å². The Morgan fingerprint density at radius 2 is 1.90 bits per heavy atom. The van der Waals surface area contributed by atoms with E-state index in [9.17, 15) is 9.90 Å². The Balaban J connectivity index is 2.32. The predicted octanol–water partition coefficient (Wildman–Crippen LogP) is 3.02. The van der Waals surface area contributed by atoms with E-state index in [-0.39, 0.29) is 5.69 Å². The van der Waals surface area contributed by atoms with Gasteiger partial charge in [-0.3, -0.25) is 0 Å². The van der Waals surface area contributed by atoms with Crippen LogP contribution in [-0.4, -0.2) is 25.7 Å². The molecule has 0 unspecified atom stereocenters. The molecular formula is C16H15N3O2. The molecule has 2 heterocycles. The van der Waals surface area contributed by atoms with Crippen molar-refractivity contribution in [1.82, 2.24) is 14.6 Å². The van der Waals surface area contributed by atoms with Crippen molar-refractivity contribution in [2.24, 2.45) is 0 Å². The molecule has 2 aromatic heterocycles. The van der Waals surface area contributed by atoms with Crippen LogP contribution in [0, 0.1) is 20.8 Å². The van der Waals surface area contributed by atoms with Crippen LogP contribution in [0.5, 0.6) is 0 Å². The lowest BCUT2D eigenvalue weighted by Gasteiger charge is -2.09. The van der Waals surface area contributed by atoms with Gasteiger partial charge in [0.25, 0.3) is 0 Å². The summed E-state index contributed by atoms with van der Waals surface area (Å²) in [4.78, 5) is 16.0. The summed E-state index contributed by atoms with van der Waals surface area (Å²) in [6.07, 6.45) is 1.63. The van der Waals surface area contributed by atoms with Crippen molar-refractivity contribution in [2.75, 3.05) is 0 Å². The van der Waals surface area contributed by atoms with Gasteiger partial charge in [0.15, 0.2) is 11.3 Å². The molecule has 0 saturated carbocycles. The van der Waals surface area contributed by atoms with Gasteiger partial charge < -0.3 is 5.11 Å². The van der Waals surface area contributed by atoms with Crippen molar-refractivity contribution in [3.05, 3.63) is 52.8 Å². The van der Waals surface area contributed by atoms with E-state index >= 15 is 0 Å². The third-order valence-corrected chi connectivity index (χ3v) is 3.53. The number of rotatable bonds is 2. The zero-order chi connectivity index (χ0) is 15.1. The van der Waals surface area contributed by atoms with E-state index in [1.54, 1.807) is 12.3 Å². The minimum atomic E-state index is -1.02. The van der Waals surface area contributed by atoms with Crippen LogP contribution in [0.15, 0.2) is 30.5 Å². The molecule has 0 bridgehead atoms. The maximum Gasteiger partial charge on any atom is 0.354 e. The summed E-state index contributed by atoms with van der Waals surface area (Å²) in [5.41, 5.74) is 5.36. The average Bonchev–Trinajstić information content (AvgIpc) is 2.79. The molecule has 0 spiro atoms. The lowest BCUT2D eigenvalue weighted by atomic mass is 10.0. The van der Waals surface area contributed by atoms with Crippen molar-refractivity contribution in [3.8, 4) is 11.3 Å². The van der Waals surface area contributed by atoms with Crippen LogP contribution in [0.1, 0.15) is 27.2 Å². The lowest BCUT2D eigenvalue weighted by Crippen LogP contribution is -2.08. The Morgan fingerprint density at radius 1 is 1.14 bits per heavy atom. The summed E-state index contributed by atoms with van der Waals surface area (Å²) in [6.45, 7) is 5.89. The first-order valence-corrected chi connectivity index (χ1v) is 6.63. The minimum absolute atomic E-state index is 0.114. The lowest BCUT2D eigenvalue weighted by molar-refractivity contribution is 0.0687. The molecule has 106 valence electrons. The third kappa shape index (κ3) is 2.16. The predicted molar refractivity (Wildman–Crippen MR) is 79.6 cm³/mol. The van der Waals surface area contributed by atoms with Gasteiger partial charge in [-0.2, -0.15) is 5.10 Å². The molecule has 5 heteroatoms. The number of carboxylic acids is 1. The molecule has 3 rings (SSSR count). The fourth-order valence-corrected chi connectivity index (χ4v) is 2.46. The number of aromatic nitrogens is 3. The molecule has 0 aliphatic heterocycles. The normalized spacial score (nSPS) is 11.0.